The van der Waals surface area contributed by atoms with Gasteiger partial charge in [-0.3, -0.25) is 0 Å². The van der Waals surface area contributed by atoms with Gasteiger partial charge in [0, 0.05) is 34.8 Å². The van der Waals surface area contributed by atoms with Crippen molar-refractivity contribution in [1.29, 1.82) is 0 Å². The van der Waals surface area contributed by atoms with Gasteiger partial charge < -0.3 is 15.6 Å². The third-order valence-corrected chi connectivity index (χ3v) is 5.79. The van der Waals surface area contributed by atoms with Crippen LogP contribution in [0.4, 0.5) is 10.1 Å². The standard InChI is InChI=1S/C24H24FN5/c25-21-7-6-18(27-14-16-4-2-1-3-5-16)12-19(21)23-20-13-22(17-8-10-26-11-9-17)30-24(20)29-15-28-23/h1-7,12-13,15,17,26-27H,8-11,14H2,(H,28,29,30). The minimum atomic E-state index is -0.287. The molecule has 1 aliphatic rings. The number of piperidine rings is 1. The molecule has 1 aliphatic heterocycles. The maximum atomic E-state index is 14.8. The second kappa shape index (κ2) is 8.24. The first-order chi connectivity index (χ1) is 14.8. The van der Waals surface area contributed by atoms with Gasteiger partial charge in [-0.1, -0.05) is 30.3 Å². The lowest BCUT2D eigenvalue weighted by Crippen LogP contribution is -2.26. The van der Waals surface area contributed by atoms with E-state index < -0.39 is 0 Å². The van der Waals surface area contributed by atoms with Crippen LogP contribution in [0.5, 0.6) is 0 Å². The van der Waals surface area contributed by atoms with Crippen LogP contribution < -0.4 is 10.6 Å². The van der Waals surface area contributed by atoms with E-state index in [1.54, 1.807) is 6.07 Å². The molecule has 1 saturated heterocycles. The first kappa shape index (κ1) is 18.8. The van der Waals surface area contributed by atoms with Gasteiger partial charge in [0.2, 0.25) is 0 Å². The van der Waals surface area contributed by atoms with Gasteiger partial charge in [-0.15, -0.1) is 0 Å². The van der Waals surface area contributed by atoms with E-state index in [4.69, 9.17) is 0 Å². The van der Waals surface area contributed by atoms with E-state index in [9.17, 15) is 4.39 Å². The van der Waals surface area contributed by atoms with E-state index in [2.05, 4.69) is 43.8 Å². The molecular formula is C24H24FN5. The minimum Gasteiger partial charge on any atom is -0.381 e. The van der Waals surface area contributed by atoms with Gasteiger partial charge in [-0.25, -0.2) is 14.4 Å². The normalized spacial score (nSPS) is 14.8. The third-order valence-electron chi connectivity index (χ3n) is 5.79. The lowest BCUT2D eigenvalue weighted by atomic mass is 9.94. The smallest absolute Gasteiger partial charge is 0.141 e. The Balaban J connectivity index is 1.47. The Kier molecular flexibility index (Phi) is 5.15. The monoisotopic (exact) mass is 401 g/mol. The zero-order valence-corrected chi connectivity index (χ0v) is 16.7. The fourth-order valence-electron chi connectivity index (χ4n) is 4.14. The van der Waals surface area contributed by atoms with Crippen LogP contribution in [0, 0.1) is 5.82 Å². The van der Waals surface area contributed by atoms with Crippen LogP contribution in [0.3, 0.4) is 0 Å². The predicted molar refractivity (Wildman–Crippen MR) is 118 cm³/mol. The highest BCUT2D eigenvalue weighted by Crippen LogP contribution is 2.33. The summed E-state index contributed by atoms with van der Waals surface area (Å²) < 4.78 is 14.8. The number of anilines is 1. The van der Waals surface area contributed by atoms with Crippen molar-refractivity contribution in [2.75, 3.05) is 18.4 Å². The van der Waals surface area contributed by atoms with E-state index in [1.165, 1.54) is 18.0 Å². The average molecular weight is 401 g/mol. The minimum absolute atomic E-state index is 0.287. The molecular weight excluding hydrogens is 377 g/mol. The number of aromatic nitrogens is 3. The van der Waals surface area contributed by atoms with E-state index in [0.29, 0.717) is 23.7 Å². The molecule has 3 N–H and O–H groups in total. The van der Waals surface area contributed by atoms with Gasteiger partial charge in [-0.2, -0.15) is 0 Å². The second-order valence-electron chi connectivity index (χ2n) is 7.77. The molecule has 152 valence electrons. The zero-order chi connectivity index (χ0) is 20.3. The van der Waals surface area contributed by atoms with E-state index >= 15 is 0 Å². The molecule has 6 heteroatoms. The first-order valence-corrected chi connectivity index (χ1v) is 10.4. The third kappa shape index (κ3) is 3.78. The molecule has 2 aromatic heterocycles. The van der Waals surface area contributed by atoms with Crippen LogP contribution in [0.15, 0.2) is 60.9 Å². The lowest BCUT2D eigenvalue weighted by molar-refractivity contribution is 0.455. The van der Waals surface area contributed by atoms with Crippen molar-refractivity contribution in [2.45, 2.75) is 25.3 Å². The number of halogens is 1. The van der Waals surface area contributed by atoms with Crippen LogP contribution >= 0.6 is 0 Å². The largest absolute Gasteiger partial charge is 0.381 e. The summed E-state index contributed by atoms with van der Waals surface area (Å²) in [5, 5.41) is 7.64. The highest BCUT2D eigenvalue weighted by Gasteiger charge is 2.20. The second-order valence-corrected chi connectivity index (χ2v) is 7.77. The van der Waals surface area contributed by atoms with Crippen LogP contribution in [0.2, 0.25) is 0 Å². The molecule has 2 aromatic carbocycles. The Hall–Kier alpha value is -3.25. The molecule has 3 heterocycles. The zero-order valence-electron chi connectivity index (χ0n) is 16.7. The summed E-state index contributed by atoms with van der Waals surface area (Å²) in [6.45, 7) is 2.71. The number of aromatic amines is 1. The quantitative estimate of drug-likeness (QED) is 0.448. The highest BCUT2D eigenvalue weighted by atomic mass is 19.1. The predicted octanol–water partition coefficient (Wildman–Crippen LogP) is 4.84. The molecule has 0 bridgehead atoms. The van der Waals surface area contributed by atoms with Crippen LogP contribution in [-0.2, 0) is 6.54 Å². The number of nitrogens with one attached hydrogen (secondary N) is 3. The van der Waals surface area contributed by atoms with Gasteiger partial charge in [0.25, 0.3) is 0 Å². The summed E-state index contributed by atoms with van der Waals surface area (Å²) in [7, 11) is 0. The van der Waals surface area contributed by atoms with Crippen LogP contribution in [-0.4, -0.2) is 28.0 Å². The molecule has 5 rings (SSSR count). The van der Waals surface area contributed by atoms with Crippen LogP contribution in [0.25, 0.3) is 22.3 Å². The molecule has 0 saturated carbocycles. The van der Waals surface area contributed by atoms with Gasteiger partial charge in [0.05, 0.1) is 5.69 Å². The Labute approximate surface area is 174 Å². The number of nitrogens with zero attached hydrogens (tertiary/aromatic N) is 2. The van der Waals surface area contributed by atoms with Crippen molar-refractivity contribution >= 4 is 16.7 Å². The molecule has 0 atom stereocenters. The number of fused-ring (bicyclic) bond motifs is 1. The maximum Gasteiger partial charge on any atom is 0.141 e. The fourth-order valence-corrected chi connectivity index (χ4v) is 4.14. The number of rotatable bonds is 5. The molecule has 4 aromatic rings. The van der Waals surface area contributed by atoms with Crippen molar-refractivity contribution in [1.82, 2.24) is 20.3 Å². The van der Waals surface area contributed by atoms with Gasteiger partial charge in [-0.05, 0) is 55.8 Å². The van der Waals surface area contributed by atoms with Gasteiger partial charge in [0.15, 0.2) is 0 Å². The highest BCUT2D eigenvalue weighted by molar-refractivity contribution is 5.92. The molecule has 0 unspecified atom stereocenters. The number of hydrogen-bond acceptors (Lipinski definition) is 4. The molecule has 0 aliphatic carbocycles. The summed E-state index contributed by atoms with van der Waals surface area (Å²) in [4.78, 5) is 12.3. The Morgan fingerprint density at radius 2 is 1.83 bits per heavy atom. The molecule has 30 heavy (non-hydrogen) atoms. The topological polar surface area (TPSA) is 65.6 Å². The summed E-state index contributed by atoms with van der Waals surface area (Å²) in [5.41, 5.74) is 5.05. The van der Waals surface area contributed by atoms with Gasteiger partial charge in [0.1, 0.15) is 17.8 Å². The molecule has 1 fully saturated rings. The Morgan fingerprint density at radius 1 is 1.00 bits per heavy atom. The summed E-state index contributed by atoms with van der Waals surface area (Å²) in [6.07, 6.45) is 3.68. The van der Waals surface area contributed by atoms with Gasteiger partial charge >= 0.3 is 0 Å². The lowest BCUT2D eigenvalue weighted by Gasteiger charge is -2.21. The van der Waals surface area contributed by atoms with Crippen LogP contribution in [0.1, 0.15) is 30.0 Å². The Bertz CT molecular complexity index is 1150. The van der Waals surface area contributed by atoms with E-state index in [0.717, 1.165) is 48.3 Å². The van der Waals surface area contributed by atoms with E-state index in [-0.39, 0.29) is 5.82 Å². The van der Waals surface area contributed by atoms with Crippen molar-refractivity contribution in [3.63, 3.8) is 0 Å². The molecule has 0 radical (unpaired) electrons. The van der Waals surface area contributed by atoms with Crippen molar-refractivity contribution in [3.05, 3.63) is 78.0 Å². The van der Waals surface area contributed by atoms with Crippen molar-refractivity contribution in [2.24, 2.45) is 0 Å². The SMILES string of the molecule is Fc1ccc(NCc2ccccc2)cc1-c1ncnc2[nH]c(C3CCNCC3)cc12. The number of hydrogen-bond donors (Lipinski definition) is 3. The maximum absolute atomic E-state index is 14.8. The van der Waals surface area contributed by atoms with Crippen molar-refractivity contribution < 1.29 is 4.39 Å². The summed E-state index contributed by atoms with van der Waals surface area (Å²) >= 11 is 0. The molecule has 0 amide bonds. The number of H-pyrrole nitrogens is 1. The molecule has 0 spiro atoms. The summed E-state index contributed by atoms with van der Waals surface area (Å²) in [6, 6.07) is 17.3. The average Bonchev–Trinajstić information content (AvgIpc) is 3.24. The number of benzene rings is 2. The van der Waals surface area contributed by atoms with Crippen molar-refractivity contribution in [3.8, 4) is 11.3 Å². The van der Waals surface area contributed by atoms with E-state index in [1.807, 2.05) is 24.3 Å². The molecule has 5 nitrogen and oxygen atoms in total. The fraction of sp³-hybridized carbons (Fsp3) is 0.250. The first-order valence-electron chi connectivity index (χ1n) is 10.4. The summed E-state index contributed by atoms with van der Waals surface area (Å²) in [5.74, 6) is 0.182. The Morgan fingerprint density at radius 3 is 2.67 bits per heavy atom.